The van der Waals surface area contributed by atoms with E-state index in [4.69, 9.17) is 5.73 Å². The minimum Gasteiger partial charge on any atom is -0.329 e. The average Bonchev–Trinajstić information content (AvgIpc) is 3.15. The minimum atomic E-state index is -3.55. The maximum Gasteiger partial charge on any atom is 0.241 e. The van der Waals surface area contributed by atoms with Crippen molar-refractivity contribution in [1.82, 2.24) is 4.72 Å². The number of benzene rings is 1. The molecule has 0 saturated heterocycles. The second-order valence-corrected chi connectivity index (χ2v) is 7.98. The van der Waals surface area contributed by atoms with Crippen LogP contribution in [-0.2, 0) is 10.0 Å². The molecule has 1 aromatic carbocycles. The molecule has 2 rings (SSSR count). The van der Waals surface area contributed by atoms with Crippen LogP contribution in [0.4, 0.5) is 0 Å². The Kier molecular flexibility index (Phi) is 4.07. The van der Waals surface area contributed by atoms with Crippen molar-refractivity contribution < 1.29 is 8.42 Å². The van der Waals surface area contributed by atoms with Crippen LogP contribution in [0.5, 0.6) is 0 Å². The van der Waals surface area contributed by atoms with Crippen molar-refractivity contribution in [1.29, 1.82) is 0 Å². The van der Waals surface area contributed by atoms with Gasteiger partial charge in [0.25, 0.3) is 0 Å². The highest BCUT2D eigenvalue weighted by Gasteiger charge is 2.43. The smallest absolute Gasteiger partial charge is 0.241 e. The van der Waals surface area contributed by atoms with Gasteiger partial charge in [-0.05, 0) is 50.3 Å². The predicted octanol–water partition coefficient (Wildman–Crippen LogP) is 2.16. The first kappa shape index (κ1) is 15.0. The van der Waals surface area contributed by atoms with Crippen LogP contribution in [0.1, 0.15) is 25.3 Å². The fourth-order valence-corrected chi connectivity index (χ4v) is 4.50. The molecule has 0 radical (unpaired) electrons. The summed E-state index contributed by atoms with van der Waals surface area (Å²) in [6.45, 7) is 3.98. The summed E-state index contributed by atoms with van der Waals surface area (Å²) in [5, 5.41) is 0. The fraction of sp³-hybridized carbons (Fsp3) is 0.538. The van der Waals surface area contributed by atoms with Crippen molar-refractivity contribution in [3.8, 4) is 0 Å². The monoisotopic (exact) mass is 346 g/mol. The van der Waals surface area contributed by atoms with Gasteiger partial charge in [-0.1, -0.05) is 22.0 Å². The molecule has 19 heavy (non-hydrogen) atoms. The first-order valence-corrected chi connectivity index (χ1v) is 8.56. The number of rotatable bonds is 5. The van der Waals surface area contributed by atoms with Crippen LogP contribution < -0.4 is 10.5 Å². The minimum absolute atomic E-state index is 0.308. The summed E-state index contributed by atoms with van der Waals surface area (Å²) in [4.78, 5) is 0.308. The van der Waals surface area contributed by atoms with Gasteiger partial charge in [-0.15, -0.1) is 0 Å². The number of hydrogen-bond donors (Lipinski definition) is 2. The van der Waals surface area contributed by atoms with Gasteiger partial charge in [0.05, 0.1) is 4.90 Å². The predicted molar refractivity (Wildman–Crippen MR) is 79.4 cm³/mol. The largest absolute Gasteiger partial charge is 0.329 e. The van der Waals surface area contributed by atoms with Gasteiger partial charge in [0.2, 0.25) is 10.0 Å². The van der Waals surface area contributed by atoms with E-state index in [2.05, 4.69) is 20.7 Å². The van der Waals surface area contributed by atoms with E-state index in [-0.39, 0.29) is 0 Å². The molecule has 0 amide bonds. The molecule has 0 spiro atoms. The van der Waals surface area contributed by atoms with E-state index >= 15 is 0 Å². The number of aryl methyl sites for hydroxylation is 1. The maximum atomic E-state index is 12.5. The van der Waals surface area contributed by atoms with Crippen LogP contribution in [0.15, 0.2) is 27.6 Å². The first-order valence-electron chi connectivity index (χ1n) is 6.29. The van der Waals surface area contributed by atoms with Gasteiger partial charge >= 0.3 is 0 Å². The molecule has 1 unspecified atom stereocenters. The van der Waals surface area contributed by atoms with Crippen molar-refractivity contribution >= 4 is 26.0 Å². The summed E-state index contributed by atoms with van der Waals surface area (Å²) in [7, 11) is -3.55. The molecule has 3 N–H and O–H groups in total. The zero-order chi connectivity index (χ0) is 14.3. The molecule has 1 aromatic rings. The molecule has 1 aliphatic rings. The van der Waals surface area contributed by atoms with Gasteiger partial charge in [-0.25, -0.2) is 13.1 Å². The topological polar surface area (TPSA) is 72.2 Å². The Bertz CT molecular complexity index is 584. The highest BCUT2D eigenvalue weighted by atomic mass is 79.9. The van der Waals surface area contributed by atoms with Crippen molar-refractivity contribution in [2.45, 2.75) is 37.1 Å². The zero-order valence-corrected chi connectivity index (χ0v) is 13.5. The van der Waals surface area contributed by atoms with Crippen molar-refractivity contribution in [2.24, 2.45) is 11.7 Å². The summed E-state index contributed by atoms with van der Waals surface area (Å²) in [5.74, 6) is 0.347. The molecule has 1 aliphatic carbocycles. The lowest BCUT2D eigenvalue weighted by atomic mass is 9.98. The third-order valence-corrected chi connectivity index (χ3v) is 5.96. The highest BCUT2D eigenvalue weighted by Crippen LogP contribution is 2.40. The summed E-state index contributed by atoms with van der Waals surface area (Å²) < 4.78 is 28.6. The summed E-state index contributed by atoms with van der Waals surface area (Å²) in [6, 6.07) is 5.24. The Morgan fingerprint density at radius 1 is 1.47 bits per heavy atom. The molecule has 0 bridgehead atoms. The number of sulfonamides is 1. The van der Waals surface area contributed by atoms with Crippen molar-refractivity contribution in [3.63, 3.8) is 0 Å². The van der Waals surface area contributed by atoms with Gasteiger partial charge < -0.3 is 5.73 Å². The second kappa shape index (κ2) is 5.16. The van der Waals surface area contributed by atoms with E-state index in [0.717, 1.165) is 22.9 Å². The Hall–Kier alpha value is -0.430. The molecule has 1 saturated carbocycles. The van der Waals surface area contributed by atoms with Gasteiger partial charge in [0.1, 0.15) is 0 Å². The summed E-state index contributed by atoms with van der Waals surface area (Å²) in [5.41, 5.74) is 5.94. The molecule has 0 aromatic heterocycles. The molecule has 1 atom stereocenters. The number of nitrogens with one attached hydrogen (secondary N) is 1. The maximum absolute atomic E-state index is 12.5. The lowest BCUT2D eigenvalue weighted by Gasteiger charge is -2.29. The Morgan fingerprint density at radius 2 is 2.11 bits per heavy atom. The fourth-order valence-electron chi connectivity index (χ4n) is 2.24. The van der Waals surface area contributed by atoms with E-state index < -0.39 is 15.6 Å². The summed E-state index contributed by atoms with van der Waals surface area (Å²) in [6.07, 6.45) is 2.07. The SMILES string of the molecule is Cc1ccc(Br)cc1S(=O)(=O)NC(C)(CN)C1CC1. The third-order valence-electron chi connectivity index (χ3n) is 3.71. The number of nitrogens with two attached hydrogens (primary N) is 1. The van der Waals surface area contributed by atoms with Gasteiger partial charge in [-0.3, -0.25) is 0 Å². The van der Waals surface area contributed by atoms with Crippen molar-refractivity contribution in [2.75, 3.05) is 6.54 Å². The standard InChI is InChI=1S/C13H19BrN2O2S/c1-9-3-6-11(14)7-12(9)19(17,18)16-13(2,8-15)10-4-5-10/h3,6-7,10,16H,4-5,8,15H2,1-2H3. The Labute approximate surface area is 122 Å². The first-order chi connectivity index (χ1) is 8.78. The lowest BCUT2D eigenvalue weighted by molar-refractivity contribution is 0.374. The highest BCUT2D eigenvalue weighted by molar-refractivity contribution is 9.10. The molecule has 4 nitrogen and oxygen atoms in total. The van der Waals surface area contributed by atoms with Crippen LogP contribution in [-0.4, -0.2) is 20.5 Å². The van der Waals surface area contributed by atoms with E-state index in [1.54, 1.807) is 19.1 Å². The van der Waals surface area contributed by atoms with Crippen LogP contribution in [0, 0.1) is 12.8 Å². The van der Waals surface area contributed by atoms with Crippen LogP contribution in [0.3, 0.4) is 0 Å². The van der Waals surface area contributed by atoms with Gasteiger partial charge in [-0.2, -0.15) is 0 Å². The summed E-state index contributed by atoms with van der Waals surface area (Å²) >= 11 is 3.31. The average molecular weight is 347 g/mol. The van der Waals surface area contributed by atoms with E-state index in [0.29, 0.717) is 17.4 Å². The molecule has 106 valence electrons. The molecular weight excluding hydrogens is 328 g/mol. The van der Waals surface area contributed by atoms with Gasteiger partial charge in [0, 0.05) is 16.6 Å². The molecule has 0 heterocycles. The second-order valence-electron chi connectivity index (χ2n) is 5.41. The van der Waals surface area contributed by atoms with E-state index in [1.165, 1.54) is 0 Å². The third kappa shape index (κ3) is 3.18. The number of hydrogen-bond acceptors (Lipinski definition) is 3. The van der Waals surface area contributed by atoms with E-state index in [9.17, 15) is 8.42 Å². The lowest BCUT2D eigenvalue weighted by Crippen LogP contribution is -2.53. The van der Waals surface area contributed by atoms with Crippen LogP contribution in [0.2, 0.25) is 0 Å². The Balaban J connectivity index is 2.34. The number of halogens is 1. The van der Waals surface area contributed by atoms with Crippen LogP contribution in [0.25, 0.3) is 0 Å². The molecular formula is C13H19BrN2O2S. The molecule has 0 aliphatic heterocycles. The zero-order valence-electron chi connectivity index (χ0n) is 11.1. The molecule has 1 fully saturated rings. The molecule has 6 heteroatoms. The Morgan fingerprint density at radius 3 is 2.63 bits per heavy atom. The van der Waals surface area contributed by atoms with Gasteiger partial charge in [0.15, 0.2) is 0 Å². The van der Waals surface area contributed by atoms with E-state index in [1.807, 2.05) is 13.0 Å². The van der Waals surface area contributed by atoms with Crippen LogP contribution >= 0.6 is 15.9 Å². The van der Waals surface area contributed by atoms with Crippen molar-refractivity contribution in [3.05, 3.63) is 28.2 Å². The quantitative estimate of drug-likeness (QED) is 0.857. The normalized spacial score (nSPS) is 19.2.